The molecule has 0 aromatic carbocycles. The van der Waals surface area contributed by atoms with Gasteiger partial charge in [-0.25, -0.2) is 0 Å². The van der Waals surface area contributed by atoms with Crippen LogP contribution < -0.4 is 5.32 Å². The van der Waals surface area contributed by atoms with E-state index < -0.39 is 0 Å². The average molecular weight is 281 g/mol. The first kappa shape index (κ1) is 14.8. The largest absolute Gasteiger partial charge is 0.381 e. The third kappa shape index (κ3) is 4.17. The minimum atomic E-state index is 0.698. The van der Waals surface area contributed by atoms with E-state index in [1.165, 1.54) is 71.2 Å². The maximum absolute atomic E-state index is 5.40. The van der Waals surface area contributed by atoms with Crippen LogP contribution in [0.4, 0.5) is 0 Å². The molecule has 4 heteroatoms. The summed E-state index contributed by atoms with van der Waals surface area (Å²) in [5, 5.41) is 3.71. The van der Waals surface area contributed by atoms with E-state index >= 15 is 0 Å². The molecule has 0 radical (unpaired) electrons. The molecule has 0 aromatic heterocycles. The van der Waals surface area contributed by atoms with E-state index in [9.17, 15) is 0 Å². The summed E-state index contributed by atoms with van der Waals surface area (Å²) in [6, 6.07) is 1.54. The zero-order valence-electron chi connectivity index (χ0n) is 12.9. The second-order valence-corrected chi connectivity index (χ2v) is 6.68. The standard InChI is InChI=1S/C16H31N3O/c1-2-8-19(9-3-1)16-4-10-18(14-16)11-7-17-15-5-12-20-13-6-15/h15-17H,1-14H2. The van der Waals surface area contributed by atoms with Crippen LogP contribution >= 0.6 is 0 Å². The van der Waals surface area contributed by atoms with Gasteiger partial charge in [0.15, 0.2) is 0 Å². The first-order valence-electron chi connectivity index (χ1n) is 8.69. The Balaban J connectivity index is 1.31. The van der Waals surface area contributed by atoms with Crippen LogP contribution in [0.5, 0.6) is 0 Å². The summed E-state index contributed by atoms with van der Waals surface area (Å²) in [5.41, 5.74) is 0. The molecule has 1 atom stereocenters. The van der Waals surface area contributed by atoms with Crippen molar-refractivity contribution in [2.45, 2.75) is 50.6 Å². The summed E-state index contributed by atoms with van der Waals surface area (Å²) in [6.07, 6.45) is 8.05. The second kappa shape index (κ2) is 7.74. The summed E-state index contributed by atoms with van der Waals surface area (Å²) in [5.74, 6) is 0. The van der Waals surface area contributed by atoms with Crippen LogP contribution in [0.15, 0.2) is 0 Å². The molecule has 3 saturated heterocycles. The van der Waals surface area contributed by atoms with Gasteiger partial charge in [-0.15, -0.1) is 0 Å². The van der Waals surface area contributed by atoms with E-state index in [0.717, 1.165) is 25.8 Å². The molecule has 3 aliphatic heterocycles. The van der Waals surface area contributed by atoms with Crippen molar-refractivity contribution >= 4 is 0 Å². The predicted octanol–water partition coefficient (Wildman–Crippen LogP) is 1.32. The van der Waals surface area contributed by atoms with Gasteiger partial charge in [-0.3, -0.25) is 4.90 Å². The third-order valence-electron chi connectivity index (χ3n) is 5.24. The van der Waals surface area contributed by atoms with E-state index in [1.807, 2.05) is 0 Å². The number of nitrogens with one attached hydrogen (secondary N) is 1. The molecule has 3 aliphatic rings. The van der Waals surface area contributed by atoms with Gasteiger partial charge in [0.2, 0.25) is 0 Å². The number of likely N-dealkylation sites (tertiary alicyclic amines) is 2. The Labute approximate surface area is 123 Å². The highest BCUT2D eigenvalue weighted by molar-refractivity contribution is 4.85. The number of piperidine rings is 1. The van der Waals surface area contributed by atoms with Crippen molar-refractivity contribution in [2.75, 3.05) is 52.5 Å². The van der Waals surface area contributed by atoms with Crippen molar-refractivity contribution in [1.82, 2.24) is 15.1 Å². The molecule has 20 heavy (non-hydrogen) atoms. The minimum absolute atomic E-state index is 0.698. The average Bonchev–Trinajstić information content (AvgIpc) is 2.98. The highest BCUT2D eigenvalue weighted by Gasteiger charge is 2.28. The molecule has 0 aromatic rings. The van der Waals surface area contributed by atoms with Crippen molar-refractivity contribution in [3.63, 3.8) is 0 Å². The zero-order valence-corrected chi connectivity index (χ0v) is 12.9. The Bertz CT molecular complexity index is 275. The topological polar surface area (TPSA) is 27.7 Å². The fourth-order valence-corrected chi connectivity index (χ4v) is 3.93. The third-order valence-corrected chi connectivity index (χ3v) is 5.24. The quantitative estimate of drug-likeness (QED) is 0.822. The van der Waals surface area contributed by atoms with E-state index in [2.05, 4.69) is 15.1 Å². The summed E-state index contributed by atoms with van der Waals surface area (Å²) in [6.45, 7) is 9.56. The molecule has 3 rings (SSSR count). The van der Waals surface area contributed by atoms with Crippen LogP contribution in [0.25, 0.3) is 0 Å². The van der Waals surface area contributed by atoms with Gasteiger partial charge in [-0.2, -0.15) is 0 Å². The molecule has 0 saturated carbocycles. The van der Waals surface area contributed by atoms with Gasteiger partial charge in [-0.1, -0.05) is 6.42 Å². The molecule has 116 valence electrons. The van der Waals surface area contributed by atoms with Gasteiger partial charge in [-0.05, 0) is 51.7 Å². The van der Waals surface area contributed by atoms with Gasteiger partial charge in [0.25, 0.3) is 0 Å². The maximum Gasteiger partial charge on any atom is 0.0480 e. The Morgan fingerprint density at radius 1 is 0.950 bits per heavy atom. The highest BCUT2D eigenvalue weighted by Crippen LogP contribution is 2.19. The molecule has 0 bridgehead atoms. The summed E-state index contributed by atoms with van der Waals surface area (Å²) < 4.78 is 5.40. The fraction of sp³-hybridized carbons (Fsp3) is 1.00. The lowest BCUT2D eigenvalue weighted by atomic mass is 10.1. The highest BCUT2D eigenvalue weighted by atomic mass is 16.5. The van der Waals surface area contributed by atoms with Crippen LogP contribution in [0.2, 0.25) is 0 Å². The second-order valence-electron chi connectivity index (χ2n) is 6.68. The molecule has 1 N–H and O–H groups in total. The zero-order chi connectivity index (χ0) is 13.6. The van der Waals surface area contributed by atoms with Crippen molar-refractivity contribution in [3.8, 4) is 0 Å². The van der Waals surface area contributed by atoms with Gasteiger partial charge >= 0.3 is 0 Å². The molecule has 1 unspecified atom stereocenters. The lowest BCUT2D eigenvalue weighted by Gasteiger charge is -2.32. The number of nitrogens with zero attached hydrogens (tertiary/aromatic N) is 2. The molecule has 0 spiro atoms. The smallest absolute Gasteiger partial charge is 0.0480 e. The van der Waals surface area contributed by atoms with Crippen molar-refractivity contribution < 1.29 is 4.74 Å². The molecular weight excluding hydrogens is 250 g/mol. The van der Waals surface area contributed by atoms with Crippen molar-refractivity contribution in [2.24, 2.45) is 0 Å². The molecule has 0 aliphatic carbocycles. The number of rotatable bonds is 5. The first-order valence-corrected chi connectivity index (χ1v) is 8.69. The SMILES string of the molecule is C1CCN(C2CCN(CCNC3CCOCC3)C2)CC1. The number of hydrogen-bond acceptors (Lipinski definition) is 4. The van der Waals surface area contributed by atoms with E-state index in [-0.39, 0.29) is 0 Å². The molecule has 3 fully saturated rings. The fourth-order valence-electron chi connectivity index (χ4n) is 3.93. The van der Waals surface area contributed by atoms with Crippen LogP contribution in [-0.4, -0.2) is 74.4 Å². The van der Waals surface area contributed by atoms with Crippen LogP contribution in [-0.2, 0) is 4.74 Å². The van der Waals surface area contributed by atoms with Gasteiger partial charge < -0.3 is 15.0 Å². The van der Waals surface area contributed by atoms with Crippen LogP contribution in [0, 0.1) is 0 Å². The minimum Gasteiger partial charge on any atom is -0.381 e. The Kier molecular flexibility index (Phi) is 5.71. The van der Waals surface area contributed by atoms with E-state index in [4.69, 9.17) is 4.74 Å². The molecule has 4 nitrogen and oxygen atoms in total. The number of ether oxygens (including phenoxy) is 1. The summed E-state index contributed by atoms with van der Waals surface area (Å²) >= 11 is 0. The molecule has 3 heterocycles. The van der Waals surface area contributed by atoms with E-state index in [0.29, 0.717) is 6.04 Å². The van der Waals surface area contributed by atoms with Gasteiger partial charge in [0, 0.05) is 44.9 Å². The first-order chi connectivity index (χ1) is 9.92. The Hall–Kier alpha value is -0.160. The van der Waals surface area contributed by atoms with E-state index in [1.54, 1.807) is 0 Å². The van der Waals surface area contributed by atoms with Crippen LogP contribution in [0.1, 0.15) is 38.5 Å². The van der Waals surface area contributed by atoms with Gasteiger partial charge in [0.1, 0.15) is 0 Å². The Morgan fingerprint density at radius 2 is 1.75 bits per heavy atom. The summed E-state index contributed by atoms with van der Waals surface area (Å²) in [7, 11) is 0. The maximum atomic E-state index is 5.40. The lowest BCUT2D eigenvalue weighted by molar-refractivity contribution is 0.0773. The van der Waals surface area contributed by atoms with Crippen LogP contribution in [0.3, 0.4) is 0 Å². The summed E-state index contributed by atoms with van der Waals surface area (Å²) in [4.78, 5) is 5.40. The normalized spacial score (nSPS) is 30.9. The van der Waals surface area contributed by atoms with Crippen molar-refractivity contribution in [3.05, 3.63) is 0 Å². The number of hydrogen-bond donors (Lipinski definition) is 1. The molecular formula is C16H31N3O. The van der Waals surface area contributed by atoms with Gasteiger partial charge in [0.05, 0.1) is 0 Å². The molecule has 0 amide bonds. The Morgan fingerprint density at radius 3 is 2.55 bits per heavy atom. The van der Waals surface area contributed by atoms with Crippen molar-refractivity contribution in [1.29, 1.82) is 0 Å². The monoisotopic (exact) mass is 281 g/mol. The predicted molar refractivity (Wildman–Crippen MR) is 82.1 cm³/mol. The lowest BCUT2D eigenvalue weighted by Crippen LogP contribution is -2.42.